The average Bonchev–Trinajstić information content (AvgIpc) is 2.25. The van der Waals surface area contributed by atoms with Crippen molar-refractivity contribution in [3.63, 3.8) is 0 Å². The van der Waals surface area contributed by atoms with E-state index in [0.717, 1.165) is 12.5 Å². The highest BCUT2D eigenvalue weighted by Gasteiger charge is 2.29. The first-order chi connectivity index (χ1) is 7.47. The van der Waals surface area contributed by atoms with Gasteiger partial charge in [-0.1, -0.05) is 20.8 Å². The Morgan fingerprint density at radius 2 is 1.62 bits per heavy atom. The molecule has 0 aliphatic carbocycles. The lowest BCUT2D eigenvalue weighted by Crippen LogP contribution is -2.42. The Labute approximate surface area is 100 Å². The third-order valence-electron chi connectivity index (χ3n) is 3.75. The van der Waals surface area contributed by atoms with Gasteiger partial charge in [0.15, 0.2) is 6.29 Å². The van der Waals surface area contributed by atoms with Gasteiger partial charge in [-0.2, -0.15) is 0 Å². The van der Waals surface area contributed by atoms with Crippen molar-refractivity contribution in [1.29, 1.82) is 0 Å². The highest BCUT2D eigenvalue weighted by molar-refractivity contribution is 4.80. The zero-order chi connectivity index (χ0) is 12.2. The molecule has 1 aliphatic rings. The first-order valence-electron chi connectivity index (χ1n) is 6.25. The number of rotatable bonds is 4. The van der Waals surface area contributed by atoms with Crippen LogP contribution in [0.2, 0.25) is 0 Å². The van der Waals surface area contributed by atoms with Gasteiger partial charge in [-0.3, -0.25) is 4.90 Å². The van der Waals surface area contributed by atoms with Crippen molar-refractivity contribution in [3.05, 3.63) is 0 Å². The predicted octanol–water partition coefficient (Wildman–Crippen LogP) is 2.36. The second-order valence-electron chi connectivity index (χ2n) is 5.84. The molecule has 0 aromatic rings. The van der Waals surface area contributed by atoms with Crippen LogP contribution in [0.25, 0.3) is 0 Å². The van der Waals surface area contributed by atoms with Crippen LogP contribution in [0.1, 0.15) is 33.6 Å². The molecular formula is C13H27NO2. The van der Waals surface area contributed by atoms with Gasteiger partial charge >= 0.3 is 0 Å². The normalized spacial score (nSPS) is 20.6. The molecule has 0 unspecified atom stereocenters. The van der Waals surface area contributed by atoms with Gasteiger partial charge in [0.05, 0.1) is 0 Å². The van der Waals surface area contributed by atoms with E-state index in [1.54, 1.807) is 14.2 Å². The molecule has 0 atom stereocenters. The zero-order valence-electron chi connectivity index (χ0n) is 11.5. The maximum atomic E-state index is 5.23. The summed E-state index contributed by atoms with van der Waals surface area (Å²) in [5.41, 5.74) is 0.452. The van der Waals surface area contributed by atoms with Gasteiger partial charge in [-0.25, -0.2) is 0 Å². The Morgan fingerprint density at radius 1 is 1.12 bits per heavy atom. The van der Waals surface area contributed by atoms with Crippen LogP contribution >= 0.6 is 0 Å². The number of piperidine rings is 1. The summed E-state index contributed by atoms with van der Waals surface area (Å²) in [6.45, 7) is 10.3. The fourth-order valence-corrected chi connectivity index (χ4v) is 2.44. The Kier molecular flexibility index (Phi) is 5.22. The summed E-state index contributed by atoms with van der Waals surface area (Å²) in [6, 6.07) is 0. The van der Waals surface area contributed by atoms with Crippen LogP contribution in [0.3, 0.4) is 0 Å². The van der Waals surface area contributed by atoms with E-state index in [-0.39, 0.29) is 6.29 Å². The lowest BCUT2D eigenvalue weighted by Gasteiger charge is -2.39. The smallest absolute Gasteiger partial charge is 0.169 e. The minimum atomic E-state index is -0.0776. The van der Waals surface area contributed by atoms with Crippen LogP contribution in [0, 0.1) is 11.3 Å². The third-order valence-corrected chi connectivity index (χ3v) is 3.75. The minimum Gasteiger partial charge on any atom is -0.355 e. The monoisotopic (exact) mass is 229 g/mol. The number of nitrogens with zero attached hydrogens (tertiary/aromatic N) is 1. The maximum absolute atomic E-state index is 5.23. The van der Waals surface area contributed by atoms with Crippen molar-refractivity contribution >= 4 is 0 Å². The first kappa shape index (κ1) is 13.9. The van der Waals surface area contributed by atoms with Crippen LogP contribution in [0.5, 0.6) is 0 Å². The van der Waals surface area contributed by atoms with Crippen molar-refractivity contribution in [3.8, 4) is 0 Å². The maximum Gasteiger partial charge on any atom is 0.169 e. The van der Waals surface area contributed by atoms with E-state index in [2.05, 4.69) is 25.7 Å². The molecule has 0 aromatic heterocycles. The molecule has 1 rings (SSSR count). The number of hydrogen-bond donors (Lipinski definition) is 0. The molecule has 0 radical (unpaired) electrons. The topological polar surface area (TPSA) is 21.7 Å². The van der Waals surface area contributed by atoms with Crippen LogP contribution in [0.4, 0.5) is 0 Å². The molecule has 0 saturated carbocycles. The lowest BCUT2D eigenvalue weighted by atomic mass is 9.75. The standard InChI is InChI=1S/C13H27NO2/c1-13(2,3)11-6-8-14(9-7-11)10-12(15-4)16-5/h11-12H,6-10H2,1-5H3. The molecule has 1 heterocycles. The average molecular weight is 229 g/mol. The fourth-order valence-electron chi connectivity index (χ4n) is 2.44. The van der Waals surface area contributed by atoms with Gasteiger partial charge < -0.3 is 9.47 Å². The van der Waals surface area contributed by atoms with E-state index in [9.17, 15) is 0 Å². The van der Waals surface area contributed by atoms with Crippen LogP contribution < -0.4 is 0 Å². The molecule has 96 valence electrons. The van der Waals surface area contributed by atoms with Crippen molar-refractivity contribution in [2.24, 2.45) is 11.3 Å². The number of methoxy groups -OCH3 is 2. The molecule has 0 aromatic carbocycles. The van der Waals surface area contributed by atoms with Gasteiger partial charge in [0.2, 0.25) is 0 Å². The largest absolute Gasteiger partial charge is 0.355 e. The van der Waals surface area contributed by atoms with Crippen LogP contribution in [-0.2, 0) is 9.47 Å². The minimum absolute atomic E-state index is 0.0776. The Balaban J connectivity index is 2.32. The van der Waals surface area contributed by atoms with Crippen molar-refractivity contribution in [2.75, 3.05) is 33.9 Å². The second kappa shape index (κ2) is 5.99. The van der Waals surface area contributed by atoms with E-state index in [1.807, 2.05) is 0 Å². The molecule has 3 heteroatoms. The number of hydrogen-bond acceptors (Lipinski definition) is 3. The summed E-state index contributed by atoms with van der Waals surface area (Å²) >= 11 is 0. The summed E-state index contributed by atoms with van der Waals surface area (Å²) in [7, 11) is 3.41. The van der Waals surface area contributed by atoms with Crippen LogP contribution in [-0.4, -0.2) is 45.0 Å². The molecule has 1 saturated heterocycles. The highest BCUT2D eigenvalue weighted by atomic mass is 16.7. The Morgan fingerprint density at radius 3 is 2.00 bits per heavy atom. The van der Waals surface area contributed by atoms with Crippen molar-refractivity contribution < 1.29 is 9.47 Å². The van der Waals surface area contributed by atoms with Crippen molar-refractivity contribution in [2.45, 2.75) is 39.9 Å². The van der Waals surface area contributed by atoms with E-state index in [1.165, 1.54) is 25.9 Å². The fraction of sp³-hybridized carbons (Fsp3) is 1.00. The number of ether oxygens (including phenoxy) is 2. The Bertz CT molecular complexity index is 189. The van der Waals surface area contributed by atoms with Crippen molar-refractivity contribution in [1.82, 2.24) is 4.90 Å². The number of likely N-dealkylation sites (tertiary alicyclic amines) is 1. The molecular weight excluding hydrogens is 202 g/mol. The van der Waals surface area contributed by atoms with Gasteiger partial charge in [-0.15, -0.1) is 0 Å². The predicted molar refractivity (Wildman–Crippen MR) is 66.4 cm³/mol. The highest BCUT2D eigenvalue weighted by Crippen LogP contribution is 2.34. The van der Waals surface area contributed by atoms with Gasteiger partial charge in [0.1, 0.15) is 0 Å². The molecule has 0 spiro atoms. The molecule has 0 bridgehead atoms. The summed E-state index contributed by atoms with van der Waals surface area (Å²) in [4.78, 5) is 2.44. The lowest BCUT2D eigenvalue weighted by molar-refractivity contribution is -0.119. The van der Waals surface area contributed by atoms with E-state index < -0.39 is 0 Å². The summed E-state index contributed by atoms with van der Waals surface area (Å²) < 4.78 is 10.5. The summed E-state index contributed by atoms with van der Waals surface area (Å²) in [5, 5.41) is 0. The summed E-state index contributed by atoms with van der Waals surface area (Å²) in [5.74, 6) is 0.854. The second-order valence-corrected chi connectivity index (χ2v) is 5.84. The van der Waals surface area contributed by atoms with E-state index in [0.29, 0.717) is 5.41 Å². The molecule has 0 N–H and O–H groups in total. The van der Waals surface area contributed by atoms with Gasteiger partial charge in [-0.05, 0) is 37.3 Å². The first-order valence-corrected chi connectivity index (χ1v) is 6.25. The molecule has 16 heavy (non-hydrogen) atoms. The Hall–Kier alpha value is -0.120. The molecule has 1 fully saturated rings. The quantitative estimate of drug-likeness (QED) is 0.691. The molecule has 3 nitrogen and oxygen atoms in total. The van der Waals surface area contributed by atoms with Gasteiger partial charge in [0, 0.05) is 20.8 Å². The van der Waals surface area contributed by atoms with E-state index >= 15 is 0 Å². The van der Waals surface area contributed by atoms with Crippen LogP contribution in [0.15, 0.2) is 0 Å². The third kappa shape index (κ3) is 4.04. The SMILES string of the molecule is COC(CN1CCC(C(C)(C)C)CC1)OC. The summed E-state index contributed by atoms with van der Waals surface area (Å²) in [6.07, 6.45) is 2.51. The zero-order valence-corrected chi connectivity index (χ0v) is 11.5. The van der Waals surface area contributed by atoms with Gasteiger partial charge in [0.25, 0.3) is 0 Å². The molecule has 1 aliphatic heterocycles. The van der Waals surface area contributed by atoms with E-state index in [4.69, 9.17) is 9.47 Å². The molecule has 0 amide bonds.